The van der Waals surface area contributed by atoms with Crippen LogP contribution in [0.2, 0.25) is 0 Å². The number of benzene rings is 1. The molecule has 0 saturated carbocycles. The number of nitrogens with two attached hydrogens (primary N) is 1. The van der Waals surface area contributed by atoms with Gasteiger partial charge < -0.3 is 11.1 Å². The Balaban J connectivity index is 2.59. The Kier molecular flexibility index (Phi) is 4.84. The first-order valence-electron chi connectivity index (χ1n) is 5.47. The monoisotopic (exact) mass is 236 g/mol. The van der Waals surface area contributed by atoms with Crippen molar-refractivity contribution in [2.24, 2.45) is 5.73 Å². The van der Waals surface area contributed by atoms with Crippen LogP contribution in [-0.4, -0.2) is 11.9 Å². The molecule has 0 aromatic heterocycles. The van der Waals surface area contributed by atoms with Crippen molar-refractivity contribution in [3.05, 3.63) is 48.3 Å². The summed E-state index contributed by atoms with van der Waals surface area (Å²) < 4.78 is 12.7. The quantitative estimate of drug-likeness (QED) is 0.767. The maximum atomic E-state index is 12.7. The lowest BCUT2D eigenvalue weighted by Crippen LogP contribution is -2.41. The van der Waals surface area contributed by atoms with Gasteiger partial charge in [-0.25, -0.2) is 4.39 Å². The summed E-state index contributed by atoms with van der Waals surface area (Å²) in [6, 6.07) is 5.22. The number of carbonyl (C=O) groups excluding carboxylic acids is 1. The van der Waals surface area contributed by atoms with Crippen LogP contribution in [0.3, 0.4) is 0 Å². The van der Waals surface area contributed by atoms with Gasteiger partial charge in [0, 0.05) is 0 Å². The van der Waals surface area contributed by atoms with Crippen LogP contribution in [0, 0.1) is 5.82 Å². The Bertz CT molecular complexity index is 389. The molecule has 17 heavy (non-hydrogen) atoms. The Morgan fingerprint density at radius 1 is 1.53 bits per heavy atom. The molecule has 0 heterocycles. The van der Waals surface area contributed by atoms with Crippen LogP contribution in [0.15, 0.2) is 36.9 Å². The van der Waals surface area contributed by atoms with Crippen LogP contribution < -0.4 is 11.1 Å². The standard InChI is InChI=1S/C13H17FN2O/c1-3-4-12(15)13(17)16-9(2)10-5-7-11(14)8-6-10/h3,5-9,12H,1,4,15H2,2H3,(H,16,17)/t9-,12?/m0/s1. The summed E-state index contributed by atoms with van der Waals surface area (Å²) in [5, 5.41) is 2.77. The molecule has 0 aliphatic carbocycles. The first-order chi connectivity index (χ1) is 8.04. The Labute approximate surface area is 101 Å². The number of hydrogen-bond donors (Lipinski definition) is 2. The lowest BCUT2D eigenvalue weighted by molar-refractivity contribution is -0.122. The van der Waals surface area contributed by atoms with Gasteiger partial charge in [-0.1, -0.05) is 18.2 Å². The number of amides is 1. The summed E-state index contributed by atoms with van der Waals surface area (Å²) in [5.74, 6) is -0.530. The van der Waals surface area contributed by atoms with E-state index in [9.17, 15) is 9.18 Å². The third-order valence-electron chi connectivity index (χ3n) is 2.49. The third-order valence-corrected chi connectivity index (χ3v) is 2.49. The van der Waals surface area contributed by atoms with Gasteiger partial charge in [-0.05, 0) is 31.0 Å². The fraction of sp³-hybridized carbons (Fsp3) is 0.308. The van der Waals surface area contributed by atoms with E-state index in [0.717, 1.165) is 5.56 Å². The number of carbonyl (C=O) groups is 1. The van der Waals surface area contributed by atoms with Crippen molar-refractivity contribution in [2.45, 2.75) is 25.4 Å². The van der Waals surface area contributed by atoms with E-state index in [1.54, 1.807) is 18.2 Å². The molecule has 0 aliphatic rings. The second kappa shape index (κ2) is 6.15. The summed E-state index contributed by atoms with van der Waals surface area (Å²) in [6.07, 6.45) is 2.04. The predicted molar refractivity (Wildman–Crippen MR) is 65.7 cm³/mol. The molecule has 92 valence electrons. The summed E-state index contributed by atoms with van der Waals surface area (Å²) in [7, 11) is 0. The van der Waals surface area contributed by atoms with Gasteiger partial charge in [-0.2, -0.15) is 0 Å². The number of rotatable bonds is 5. The van der Waals surface area contributed by atoms with Crippen molar-refractivity contribution >= 4 is 5.91 Å². The SMILES string of the molecule is C=CCC(N)C(=O)N[C@@H](C)c1ccc(F)cc1. The normalized spacial score (nSPS) is 13.8. The smallest absolute Gasteiger partial charge is 0.237 e. The van der Waals surface area contributed by atoms with Crippen LogP contribution in [0.25, 0.3) is 0 Å². The molecule has 0 fully saturated rings. The molecule has 0 spiro atoms. The van der Waals surface area contributed by atoms with Gasteiger partial charge in [-0.3, -0.25) is 4.79 Å². The molecular formula is C13H17FN2O. The van der Waals surface area contributed by atoms with Crippen LogP contribution >= 0.6 is 0 Å². The highest BCUT2D eigenvalue weighted by Gasteiger charge is 2.15. The minimum atomic E-state index is -0.588. The molecule has 1 amide bonds. The minimum Gasteiger partial charge on any atom is -0.348 e. The summed E-state index contributed by atoms with van der Waals surface area (Å²) in [5.41, 5.74) is 6.47. The molecule has 3 N–H and O–H groups in total. The van der Waals surface area contributed by atoms with E-state index in [-0.39, 0.29) is 17.8 Å². The molecular weight excluding hydrogens is 219 g/mol. The Morgan fingerprint density at radius 2 is 2.12 bits per heavy atom. The van der Waals surface area contributed by atoms with E-state index in [0.29, 0.717) is 6.42 Å². The maximum absolute atomic E-state index is 12.7. The van der Waals surface area contributed by atoms with Crippen LogP contribution in [0.5, 0.6) is 0 Å². The first-order valence-corrected chi connectivity index (χ1v) is 5.47. The first kappa shape index (κ1) is 13.4. The fourth-order valence-corrected chi connectivity index (χ4v) is 1.44. The van der Waals surface area contributed by atoms with Gasteiger partial charge in [0.2, 0.25) is 5.91 Å². The van der Waals surface area contributed by atoms with Crippen LogP contribution in [-0.2, 0) is 4.79 Å². The van der Waals surface area contributed by atoms with Crippen molar-refractivity contribution in [1.82, 2.24) is 5.32 Å². The highest BCUT2D eigenvalue weighted by molar-refractivity contribution is 5.82. The van der Waals surface area contributed by atoms with Crippen molar-refractivity contribution in [2.75, 3.05) is 0 Å². The largest absolute Gasteiger partial charge is 0.348 e. The molecule has 1 aromatic rings. The minimum absolute atomic E-state index is 0.195. The van der Waals surface area contributed by atoms with E-state index in [4.69, 9.17) is 5.73 Å². The Hall–Kier alpha value is -1.68. The van der Waals surface area contributed by atoms with E-state index in [2.05, 4.69) is 11.9 Å². The highest BCUT2D eigenvalue weighted by Crippen LogP contribution is 2.12. The number of halogens is 1. The van der Waals surface area contributed by atoms with Gasteiger partial charge in [0.15, 0.2) is 0 Å². The van der Waals surface area contributed by atoms with Gasteiger partial charge >= 0.3 is 0 Å². The van der Waals surface area contributed by atoms with E-state index < -0.39 is 6.04 Å². The van der Waals surface area contributed by atoms with Gasteiger partial charge in [0.1, 0.15) is 5.82 Å². The van der Waals surface area contributed by atoms with Gasteiger partial charge in [-0.15, -0.1) is 6.58 Å². The lowest BCUT2D eigenvalue weighted by atomic mass is 10.1. The molecule has 0 aliphatic heterocycles. The van der Waals surface area contributed by atoms with Gasteiger partial charge in [0.25, 0.3) is 0 Å². The van der Waals surface area contributed by atoms with Crippen molar-refractivity contribution in [3.63, 3.8) is 0 Å². The van der Waals surface area contributed by atoms with Crippen molar-refractivity contribution in [1.29, 1.82) is 0 Å². The van der Waals surface area contributed by atoms with E-state index in [1.807, 2.05) is 6.92 Å². The molecule has 3 nitrogen and oxygen atoms in total. The second-order valence-corrected chi connectivity index (χ2v) is 3.91. The van der Waals surface area contributed by atoms with Gasteiger partial charge in [0.05, 0.1) is 12.1 Å². The molecule has 2 atom stereocenters. The van der Waals surface area contributed by atoms with E-state index >= 15 is 0 Å². The zero-order chi connectivity index (χ0) is 12.8. The van der Waals surface area contributed by atoms with Crippen molar-refractivity contribution in [3.8, 4) is 0 Å². The molecule has 1 unspecified atom stereocenters. The maximum Gasteiger partial charge on any atom is 0.237 e. The topological polar surface area (TPSA) is 55.1 Å². The molecule has 0 bridgehead atoms. The van der Waals surface area contributed by atoms with Crippen LogP contribution in [0.4, 0.5) is 4.39 Å². The lowest BCUT2D eigenvalue weighted by Gasteiger charge is -2.17. The molecule has 0 radical (unpaired) electrons. The summed E-state index contributed by atoms with van der Waals surface area (Å²) >= 11 is 0. The zero-order valence-electron chi connectivity index (χ0n) is 9.82. The molecule has 4 heteroatoms. The highest BCUT2D eigenvalue weighted by atomic mass is 19.1. The average Bonchev–Trinajstić information content (AvgIpc) is 2.30. The van der Waals surface area contributed by atoms with Crippen LogP contribution in [0.1, 0.15) is 24.9 Å². The molecule has 0 saturated heterocycles. The van der Waals surface area contributed by atoms with Crippen molar-refractivity contribution < 1.29 is 9.18 Å². The zero-order valence-corrected chi connectivity index (χ0v) is 9.82. The average molecular weight is 236 g/mol. The molecule has 1 aromatic carbocycles. The van der Waals surface area contributed by atoms with E-state index in [1.165, 1.54) is 12.1 Å². The summed E-state index contributed by atoms with van der Waals surface area (Å²) in [6.45, 7) is 5.35. The third kappa shape index (κ3) is 4.00. The Morgan fingerprint density at radius 3 is 2.65 bits per heavy atom. The fourth-order valence-electron chi connectivity index (χ4n) is 1.44. The second-order valence-electron chi connectivity index (χ2n) is 3.91. The number of hydrogen-bond acceptors (Lipinski definition) is 2. The molecule has 1 rings (SSSR count). The number of nitrogens with one attached hydrogen (secondary N) is 1. The summed E-state index contributed by atoms with van der Waals surface area (Å²) in [4.78, 5) is 11.6. The predicted octanol–water partition coefficient (Wildman–Crippen LogP) is 1.91.